The Kier molecular flexibility index (Phi) is 4.53. The minimum atomic E-state index is -4.54. The summed E-state index contributed by atoms with van der Waals surface area (Å²) >= 11 is 0. The number of alkyl halides is 3. The molecule has 7 nitrogen and oxygen atoms in total. The molecular weight excluding hydrogens is 423 g/mol. The van der Waals surface area contributed by atoms with Crippen LogP contribution < -0.4 is 21.1 Å². The van der Waals surface area contributed by atoms with Gasteiger partial charge in [-0.15, -0.1) is 0 Å². The Morgan fingerprint density at radius 1 is 1.25 bits per heavy atom. The summed E-state index contributed by atoms with van der Waals surface area (Å²) in [6, 6.07) is 8.41. The number of fused-ring (bicyclic) bond motifs is 3. The van der Waals surface area contributed by atoms with Gasteiger partial charge in [-0.05, 0) is 38.0 Å². The third kappa shape index (κ3) is 3.15. The van der Waals surface area contributed by atoms with Crippen LogP contribution in [0.5, 0.6) is 0 Å². The number of aromatic nitrogens is 2. The molecule has 3 aliphatic rings. The van der Waals surface area contributed by atoms with Crippen molar-refractivity contribution in [1.29, 1.82) is 0 Å². The normalized spacial score (nSPS) is 29.1. The van der Waals surface area contributed by atoms with Gasteiger partial charge < -0.3 is 20.3 Å². The molecular formula is C22H26F3N5O2. The highest BCUT2D eigenvalue weighted by molar-refractivity contribution is 5.53. The Balaban J connectivity index is 1.53. The predicted molar refractivity (Wildman–Crippen MR) is 115 cm³/mol. The van der Waals surface area contributed by atoms with Gasteiger partial charge >= 0.3 is 6.18 Å². The fourth-order valence-electron chi connectivity index (χ4n) is 5.11. The van der Waals surface area contributed by atoms with Crippen LogP contribution in [0.4, 0.5) is 30.6 Å². The van der Waals surface area contributed by atoms with Crippen LogP contribution >= 0.6 is 0 Å². The summed E-state index contributed by atoms with van der Waals surface area (Å²) in [7, 11) is 0. The van der Waals surface area contributed by atoms with Crippen molar-refractivity contribution in [3.63, 3.8) is 0 Å². The molecule has 2 N–H and O–H groups in total. The SMILES string of the molecule is CC12COC(CN1c1cc(=O)n3c(n1)N(CCc1ccc(N)cc1)C(C)(C(F)(F)F)C3)C2. The van der Waals surface area contributed by atoms with E-state index in [9.17, 15) is 18.0 Å². The molecule has 172 valence electrons. The van der Waals surface area contributed by atoms with Gasteiger partial charge in [-0.25, -0.2) is 0 Å². The van der Waals surface area contributed by atoms with Crippen LogP contribution in [0.25, 0.3) is 0 Å². The van der Waals surface area contributed by atoms with Gasteiger partial charge in [0.2, 0.25) is 5.95 Å². The van der Waals surface area contributed by atoms with E-state index in [1.165, 1.54) is 11.0 Å². The Bertz CT molecular complexity index is 1100. The summed E-state index contributed by atoms with van der Waals surface area (Å²) in [5.74, 6) is 0.480. The molecule has 3 atom stereocenters. The maximum atomic E-state index is 14.2. The van der Waals surface area contributed by atoms with Crippen molar-refractivity contribution in [3.8, 4) is 0 Å². The number of nitrogen functional groups attached to an aromatic ring is 1. The van der Waals surface area contributed by atoms with Crippen molar-refractivity contribution < 1.29 is 17.9 Å². The van der Waals surface area contributed by atoms with Crippen molar-refractivity contribution >= 4 is 17.5 Å². The molecule has 4 heterocycles. The van der Waals surface area contributed by atoms with Gasteiger partial charge in [0.1, 0.15) is 5.82 Å². The third-order valence-corrected chi connectivity index (χ3v) is 7.10. The lowest BCUT2D eigenvalue weighted by atomic mass is 10.00. The second-order valence-corrected chi connectivity index (χ2v) is 9.50. The highest BCUT2D eigenvalue weighted by Gasteiger charge is 2.60. The van der Waals surface area contributed by atoms with Gasteiger partial charge in [-0.2, -0.15) is 18.2 Å². The Morgan fingerprint density at radius 3 is 2.56 bits per heavy atom. The van der Waals surface area contributed by atoms with E-state index in [-0.39, 0.29) is 24.1 Å². The average Bonchev–Trinajstić information content (AvgIpc) is 3.35. The smallest absolute Gasteiger partial charge is 0.399 e. The number of ether oxygens (including phenoxy) is 1. The maximum absolute atomic E-state index is 14.2. The molecule has 2 fully saturated rings. The average molecular weight is 449 g/mol. The first-order valence-electron chi connectivity index (χ1n) is 10.7. The molecule has 3 unspecified atom stereocenters. The van der Waals surface area contributed by atoms with E-state index in [4.69, 9.17) is 10.5 Å². The van der Waals surface area contributed by atoms with Crippen molar-refractivity contribution in [2.24, 2.45) is 0 Å². The summed E-state index contributed by atoms with van der Waals surface area (Å²) in [5.41, 5.74) is 4.18. The minimum Gasteiger partial charge on any atom is -0.399 e. The molecule has 0 saturated carbocycles. The quantitative estimate of drug-likeness (QED) is 0.724. The Labute approximate surface area is 183 Å². The number of benzene rings is 1. The van der Waals surface area contributed by atoms with Crippen LogP contribution in [0.15, 0.2) is 35.1 Å². The molecule has 10 heteroatoms. The lowest BCUT2D eigenvalue weighted by Gasteiger charge is -2.38. The van der Waals surface area contributed by atoms with Crippen molar-refractivity contribution in [3.05, 3.63) is 46.2 Å². The van der Waals surface area contributed by atoms with E-state index in [2.05, 4.69) is 4.98 Å². The highest BCUT2D eigenvalue weighted by atomic mass is 19.4. The van der Waals surface area contributed by atoms with Crippen LogP contribution in [0.2, 0.25) is 0 Å². The maximum Gasteiger partial charge on any atom is 0.413 e. The highest BCUT2D eigenvalue weighted by Crippen LogP contribution is 2.45. The van der Waals surface area contributed by atoms with Crippen molar-refractivity contribution in [1.82, 2.24) is 9.55 Å². The number of halogens is 3. The Morgan fingerprint density at radius 2 is 1.97 bits per heavy atom. The van der Waals surface area contributed by atoms with Crippen LogP contribution in [0.1, 0.15) is 25.8 Å². The van der Waals surface area contributed by atoms with E-state index >= 15 is 0 Å². The van der Waals surface area contributed by atoms with E-state index in [1.807, 2.05) is 11.8 Å². The molecule has 0 aliphatic carbocycles. The van der Waals surface area contributed by atoms with Crippen LogP contribution in [0.3, 0.4) is 0 Å². The summed E-state index contributed by atoms with van der Waals surface area (Å²) < 4.78 is 49.5. The zero-order valence-corrected chi connectivity index (χ0v) is 18.0. The van der Waals surface area contributed by atoms with Gasteiger partial charge in [0, 0.05) is 31.3 Å². The number of hydrogen-bond donors (Lipinski definition) is 1. The predicted octanol–water partition coefficient (Wildman–Crippen LogP) is 2.58. The second kappa shape index (κ2) is 6.87. The number of morpholine rings is 1. The number of hydrogen-bond acceptors (Lipinski definition) is 6. The fourth-order valence-corrected chi connectivity index (χ4v) is 5.11. The summed E-state index contributed by atoms with van der Waals surface area (Å²) in [4.78, 5) is 20.8. The summed E-state index contributed by atoms with van der Waals surface area (Å²) in [6.45, 7) is 3.84. The monoisotopic (exact) mass is 449 g/mol. The standard InChI is InChI=1S/C22H26F3N5O2/c1-20-10-16(32-13-20)11-30(20)17-9-18(31)28-12-21(2,22(23,24)25)29(19(28)27-17)8-7-14-3-5-15(26)6-4-14/h3-6,9,16H,7-8,10-13,26H2,1-2H3. The van der Waals surface area contributed by atoms with E-state index in [1.54, 1.807) is 24.3 Å². The lowest BCUT2D eigenvalue weighted by Crippen LogP contribution is -2.56. The second-order valence-electron chi connectivity index (χ2n) is 9.50. The molecule has 1 aromatic carbocycles. The van der Waals surface area contributed by atoms with Gasteiger partial charge in [0.15, 0.2) is 5.54 Å². The molecule has 3 aliphatic heterocycles. The van der Waals surface area contributed by atoms with Gasteiger partial charge in [0.25, 0.3) is 5.56 Å². The number of nitrogens with zero attached hydrogens (tertiary/aromatic N) is 4. The molecule has 32 heavy (non-hydrogen) atoms. The summed E-state index contributed by atoms with van der Waals surface area (Å²) in [6.07, 6.45) is -3.31. The van der Waals surface area contributed by atoms with Crippen LogP contribution in [-0.2, 0) is 17.7 Å². The topological polar surface area (TPSA) is 76.6 Å². The van der Waals surface area contributed by atoms with Crippen molar-refractivity contribution in [2.45, 2.75) is 56.6 Å². The Hall–Kier alpha value is -2.75. The van der Waals surface area contributed by atoms with Crippen LogP contribution in [0, 0.1) is 0 Å². The lowest BCUT2D eigenvalue weighted by molar-refractivity contribution is -0.182. The number of rotatable bonds is 4. The zero-order chi connectivity index (χ0) is 22.9. The molecule has 2 bridgehead atoms. The molecule has 1 aromatic heterocycles. The van der Waals surface area contributed by atoms with Gasteiger partial charge in [-0.3, -0.25) is 9.36 Å². The van der Waals surface area contributed by atoms with Gasteiger partial charge in [-0.1, -0.05) is 12.1 Å². The minimum absolute atomic E-state index is 0.0554. The van der Waals surface area contributed by atoms with E-state index in [0.29, 0.717) is 31.1 Å². The first-order chi connectivity index (χ1) is 15.0. The van der Waals surface area contributed by atoms with E-state index in [0.717, 1.165) is 23.5 Å². The van der Waals surface area contributed by atoms with E-state index < -0.39 is 23.8 Å². The molecule has 2 saturated heterocycles. The summed E-state index contributed by atoms with van der Waals surface area (Å²) in [5, 5.41) is 0. The number of anilines is 3. The van der Waals surface area contributed by atoms with Gasteiger partial charge in [0.05, 0.1) is 24.8 Å². The first-order valence-corrected chi connectivity index (χ1v) is 10.7. The molecule has 0 radical (unpaired) electrons. The molecule has 2 aromatic rings. The number of nitrogens with two attached hydrogens (primary N) is 1. The fraction of sp³-hybridized carbons (Fsp3) is 0.545. The molecule has 5 rings (SSSR count). The molecule has 0 amide bonds. The largest absolute Gasteiger partial charge is 0.413 e. The first kappa shape index (κ1) is 21.1. The van der Waals surface area contributed by atoms with Crippen LogP contribution in [-0.4, -0.2) is 52.6 Å². The van der Waals surface area contributed by atoms with Crippen molar-refractivity contribution in [2.75, 3.05) is 35.2 Å². The zero-order valence-electron chi connectivity index (χ0n) is 18.0. The molecule has 0 spiro atoms. The third-order valence-electron chi connectivity index (χ3n) is 7.10.